The van der Waals surface area contributed by atoms with Crippen LogP contribution in [-0.4, -0.2) is 30.6 Å². The van der Waals surface area contributed by atoms with Gasteiger partial charge in [0.2, 0.25) is 0 Å². The molecule has 6 nitrogen and oxygen atoms in total. The Morgan fingerprint density at radius 1 is 1.42 bits per heavy atom. The summed E-state index contributed by atoms with van der Waals surface area (Å²) in [5, 5.41) is 15.6. The second kappa shape index (κ2) is 8.97. The Kier molecular flexibility index (Phi) is 6.95. The first-order valence-electron chi connectivity index (χ1n) is 7.89. The zero-order chi connectivity index (χ0) is 17.8. The van der Waals surface area contributed by atoms with E-state index in [0.717, 1.165) is 12.1 Å². The monoisotopic (exact) mass is 392 g/mol. The molecule has 1 atom stereocenters. The number of morpholine rings is 1. The van der Waals surface area contributed by atoms with Crippen molar-refractivity contribution in [2.24, 2.45) is 0 Å². The van der Waals surface area contributed by atoms with Crippen LogP contribution >= 0.6 is 24.0 Å². The maximum absolute atomic E-state index is 12.4. The third-order valence-corrected chi connectivity index (χ3v) is 4.19. The van der Waals surface area contributed by atoms with Crippen molar-refractivity contribution in [2.45, 2.75) is 13.0 Å². The van der Waals surface area contributed by atoms with Crippen molar-refractivity contribution in [3.8, 4) is 6.07 Å². The van der Waals surface area contributed by atoms with Crippen molar-refractivity contribution >= 4 is 35.6 Å². The van der Waals surface area contributed by atoms with Gasteiger partial charge in [-0.15, -0.1) is 12.4 Å². The molecule has 2 heterocycles. The number of amides is 1. The zero-order valence-electron chi connectivity index (χ0n) is 14.1. The number of ether oxygens (including phenoxy) is 1. The Morgan fingerprint density at radius 3 is 2.88 bits per heavy atom. The minimum absolute atomic E-state index is 0. The average Bonchev–Trinajstić information content (AvgIpc) is 2.62. The highest BCUT2D eigenvalue weighted by Gasteiger charge is 2.19. The molecule has 2 N–H and O–H groups in total. The maximum Gasteiger partial charge on any atom is 0.255 e. The Bertz CT molecular complexity index is 846. The summed E-state index contributed by atoms with van der Waals surface area (Å²) in [6.45, 7) is 3.92. The molecule has 1 unspecified atom stereocenters. The van der Waals surface area contributed by atoms with Gasteiger partial charge in [-0.1, -0.05) is 17.7 Å². The zero-order valence-corrected chi connectivity index (χ0v) is 15.7. The molecule has 0 aliphatic carbocycles. The number of nitrogens with one attached hydrogen (secondary N) is 2. The predicted molar refractivity (Wildman–Crippen MR) is 102 cm³/mol. The molecule has 2 aromatic rings. The van der Waals surface area contributed by atoms with E-state index in [9.17, 15) is 4.79 Å². The van der Waals surface area contributed by atoms with Crippen molar-refractivity contribution in [2.75, 3.05) is 25.0 Å². The lowest BCUT2D eigenvalue weighted by molar-refractivity contribution is 0.0278. The highest BCUT2D eigenvalue weighted by Crippen LogP contribution is 2.29. The maximum atomic E-state index is 12.4. The number of aromatic nitrogens is 1. The first kappa shape index (κ1) is 20.1. The van der Waals surface area contributed by atoms with E-state index in [1.807, 2.05) is 12.1 Å². The van der Waals surface area contributed by atoms with Crippen LogP contribution in [0.25, 0.3) is 0 Å². The van der Waals surface area contributed by atoms with Crippen LogP contribution in [0.4, 0.5) is 5.69 Å². The summed E-state index contributed by atoms with van der Waals surface area (Å²) in [6, 6.07) is 10.4. The van der Waals surface area contributed by atoms with E-state index < -0.39 is 0 Å². The molecule has 1 fully saturated rings. The van der Waals surface area contributed by atoms with Crippen LogP contribution in [0.2, 0.25) is 5.02 Å². The number of pyridine rings is 1. The Morgan fingerprint density at radius 2 is 2.23 bits per heavy atom. The molecule has 1 saturated heterocycles. The molecule has 1 amide bonds. The fourth-order valence-electron chi connectivity index (χ4n) is 2.69. The van der Waals surface area contributed by atoms with Crippen LogP contribution in [0, 0.1) is 18.3 Å². The molecule has 3 rings (SSSR count). The van der Waals surface area contributed by atoms with Gasteiger partial charge in [0.25, 0.3) is 5.91 Å². The number of carbonyl (C=O) groups is 1. The van der Waals surface area contributed by atoms with Gasteiger partial charge in [0.05, 0.1) is 12.7 Å². The van der Waals surface area contributed by atoms with Crippen LogP contribution in [0.5, 0.6) is 0 Å². The molecular weight excluding hydrogens is 375 g/mol. The standard InChI is InChI=1S/C18H17ClN4O2.ClH/c1-11-6-12(7-14(9-20)22-11)18(24)23-13-2-3-15(16(19)8-13)17-10-21-4-5-25-17;/h2-3,6-8,17,21H,4-5,10H2,1H3,(H,23,24);1H. The quantitative estimate of drug-likeness (QED) is 0.836. The molecule has 1 aromatic heterocycles. The van der Waals surface area contributed by atoms with E-state index in [4.69, 9.17) is 21.6 Å². The number of anilines is 1. The number of benzene rings is 1. The van der Waals surface area contributed by atoms with E-state index in [1.165, 1.54) is 6.07 Å². The highest BCUT2D eigenvalue weighted by atomic mass is 35.5. The minimum Gasteiger partial charge on any atom is -0.371 e. The van der Waals surface area contributed by atoms with Gasteiger partial charge in [0.1, 0.15) is 11.8 Å². The normalized spacial score (nSPS) is 16.3. The lowest BCUT2D eigenvalue weighted by Gasteiger charge is -2.25. The second-order valence-corrected chi connectivity index (χ2v) is 6.16. The molecule has 0 radical (unpaired) electrons. The van der Waals surface area contributed by atoms with Gasteiger partial charge in [0, 0.05) is 40.6 Å². The van der Waals surface area contributed by atoms with Crippen molar-refractivity contribution in [3.63, 3.8) is 0 Å². The summed E-state index contributed by atoms with van der Waals surface area (Å²) >= 11 is 6.35. The van der Waals surface area contributed by atoms with E-state index in [1.54, 1.807) is 25.1 Å². The number of halogens is 2. The summed E-state index contributed by atoms with van der Waals surface area (Å²) in [6.07, 6.45) is -0.0907. The molecule has 0 spiro atoms. The summed E-state index contributed by atoms with van der Waals surface area (Å²) in [5.41, 5.74) is 2.66. The first-order chi connectivity index (χ1) is 12.1. The largest absolute Gasteiger partial charge is 0.371 e. The predicted octanol–water partition coefficient (Wildman–Crippen LogP) is 3.25. The van der Waals surface area contributed by atoms with Gasteiger partial charge in [-0.3, -0.25) is 4.79 Å². The van der Waals surface area contributed by atoms with Crippen molar-refractivity contribution in [3.05, 3.63) is 57.9 Å². The van der Waals surface area contributed by atoms with Crippen LogP contribution in [0.1, 0.15) is 33.4 Å². The van der Waals surface area contributed by atoms with Crippen molar-refractivity contribution in [1.82, 2.24) is 10.3 Å². The molecule has 1 aromatic carbocycles. The SMILES string of the molecule is Cc1cc(C(=O)Nc2ccc(C3CNCCO3)c(Cl)c2)cc(C#N)n1.Cl. The van der Waals surface area contributed by atoms with E-state index in [2.05, 4.69) is 15.6 Å². The number of nitriles is 1. The molecule has 136 valence electrons. The van der Waals surface area contributed by atoms with Crippen molar-refractivity contribution in [1.29, 1.82) is 5.26 Å². The summed E-state index contributed by atoms with van der Waals surface area (Å²) < 4.78 is 5.70. The van der Waals surface area contributed by atoms with Gasteiger partial charge in [0.15, 0.2) is 0 Å². The summed E-state index contributed by atoms with van der Waals surface area (Å²) in [4.78, 5) is 16.4. The first-order valence-corrected chi connectivity index (χ1v) is 8.26. The molecular formula is C18H18Cl2N4O2. The number of aryl methyl sites for hydroxylation is 1. The molecule has 1 aliphatic heterocycles. The van der Waals surface area contributed by atoms with Gasteiger partial charge < -0.3 is 15.4 Å². The lowest BCUT2D eigenvalue weighted by atomic mass is 10.1. The topological polar surface area (TPSA) is 87.0 Å². The van der Waals surface area contributed by atoms with Gasteiger partial charge in [-0.25, -0.2) is 4.98 Å². The molecule has 8 heteroatoms. The molecule has 26 heavy (non-hydrogen) atoms. The average molecular weight is 393 g/mol. The van der Waals surface area contributed by atoms with E-state index in [0.29, 0.717) is 35.1 Å². The number of hydrogen-bond acceptors (Lipinski definition) is 5. The molecule has 0 bridgehead atoms. The van der Waals surface area contributed by atoms with Crippen LogP contribution < -0.4 is 10.6 Å². The highest BCUT2D eigenvalue weighted by molar-refractivity contribution is 6.31. The Balaban J connectivity index is 0.00000243. The van der Waals surface area contributed by atoms with Gasteiger partial charge in [-0.05, 0) is 31.2 Å². The Hall–Kier alpha value is -2.17. The number of nitrogens with zero attached hydrogens (tertiary/aromatic N) is 2. The summed E-state index contributed by atoms with van der Waals surface area (Å²) in [7, 11) is 0. The number of hydrogen-bond donors (Lipinski definition) is 2. The number of carbonyl (C=O) groups excluding carboxylic acids is 1. The minimum atomic E-state index is -0.318. The van der Waals surface area contributed by atoms with E-state index in [-0.39, 0.29) is 30.1 Å². The third-order valence-electron chi connectivity index (χ3n) is 3.86. The van der Waals surface area contributed by atoms with Crippen molar-refractivity contribution < 1.29 is 9.53 Å². The van der Waals surface area contributed by atoms with Gasteiger partial charge in [-0.2, -0.15) is 5.26 Å². The smallest absolute Gasteiger partial charge is 0.255 e. The fraction of sp³-hybridized carbons (Fsp3) is 0.278. The van der Waals surface area contributed by atoms with Crippen LogP contribution in [0.15, 0.2) is 30.3 Å². The molecule has 1 aliphatic rings. The van der Waals surface area contributed by atoms with Gasteiger partial charge >= 0.3 is 0 Å². The lowest BCUT2D eigenvalue weighted by Crippen LogP contribution is -2.33. The van der Waals surface area contributed by atoms with Crippen LogP contribution in [0.3, 0.4) is 0 Å². The number of rotatable bonds is 3. The second-order valence-electron chi connectivity index (χ2n) is 5.75. The Labute approximate surface area is 162 Å². The summed E-state index contributed by atoms with van der Waals surface area (Å²) in [5.74, 6) is -0.318. The fourth-order valence-corrected chi connectivity index (χ4v) is 2.99. The molecule has 0 saturated carbocycles. The third kappa shape index (κ3) is 4.71. The van der Waals surface area contributed by atoms with E-state index >= 15 is 0 Å². The van der Waals surface area contributed by atoms with Crippen LogP contribution in [-0.2, 0) is 4.74 Å².